The Bertz CT molecular complexity index is 814. The van der Waals surface area contributed by atoms with Crippen LogP contribution in [0.2, 0.25) is 0 Å². The number of esters is 1. The number of benzene rings is 2. The van der Waals surface area contributed by atoms with Gasteiger partial charge in [-0.3, -0.25) is 0 Å². The SMILES string of the molecule is COC(=O)c1cc(C)c(N)cc1C.Cc1cc(C(=O)O)c(C)cc1N. The number of hydrogen-bond donors (Lipinski definition) is 3. The number of hydrogen-bond acceptors (Lipinski definition) is 5. The summed E-state index contributed by atoms with van der Waals surface area (Å²) in [6.07, 6.45) is 0. The molecule has 0 saturated carbocycles. The second-order valence-corrected chi connectivity index (χ2v) is 5.84. The van der Waals surface area contributed by atoms with Crippen LogP contribution in [0.4, 0.5) is 11.4 Å². The first-order chi connectivity index (χ1) is 11.6. The number of rotatable bonds is 2. The zero-order valence-electron chi connectivity index (χ0n) is 15.1. The van der Waals surface area contributed by atoms with Gasteiger partial charge in [-0.1, -0.05) is 0 Å². The van der Waals surface area contributed by atoms with Gasteiger partial charge in [0.05, 0.1) is 18.2 Å². The number of carbonyl (C=O) groups is 2. The smallest absolute Gasteiger partial charge is 0.338 e. The summed E-state index contributed by atoms with van der Waals surface area (Å²) in [5, 5.41) is 8.74. The van der Waals surface area contributed by atoms with E-state index in [1.54, 1.807) is 38.1 Å². The molecule has 2 aromatic carbocycles. The van der Waals surface area contributed by atoms with Crippen molar-refractivity contribution in [1.82, 2.24) is 0 Å². The van der Waals surface area contributed by atoms with E-state index in [-0.39, 0.29) is 5.97 Å². The van der Waals surface area contributed by atoms with Crippen LogP contribution in [-0.2, 0) is 4.74 Å². The fraction of sp³-hybridized carbons (Fsp3) is 0.263. The van der Waals surface area contributed by atoms with E-state index < -0.39 is 5.97 Å². The maximum absolute atomic E-state index is 11.2. The molecule has 0 amide bonds. The number of aryl methyl sites for hydroxylation is 4. The van der Waals surface area contributed by atoms with Crippen molar-refractivity contribution in [1.29, 1.82) is 0 Å². The van der Waals surface area contributed by atoms with Crippen LogP contribution < -0.4 is 11.5 Å². The maximum Gasteiger partial charge on any atom is 0.338 e. The first-order valence-corrected chi connectivity index (χ1v) is 7.63. The highest BCUT2D eigenvalue weighted by Crippen LogP contribution is 2.18. The fourth-order valence-corrected chi connectivity index (χ4v) is 2.24. The predicted molar refractivity (Wildman–Crippen MR) is 99.0 cm³/mol. The molecule has 0 heterocycles. The second kappa shape index (κ2) is 8.19. The molecule has 0 aliphatic rings. The molecule has 0 bridgehead atoms. The van der Waals surface area contributed by atoms with E-state index in [0.29, 0.717) is 28.1 Å². The summed E-state index contributed by atoms with van der Waals surface area (Å²) in [5.41, 5.74) is 16.8. The lowest BCUT2D eigenvalue weighted by Crippen LogP contribution is -2.05. The fourth-order valence-electron chi connectivity index (χ4n) is 2.24. The van der Waals surface area contributed by atoms with Crippen molar-refractivity contribution in [3.63, 3.8) is 0 Å². The van der Waals surface area contributed by atoms with E-state index in [4.69, 9.17) is 16.6 Å². The second-order valence-electron chi connectivity index (χ2n) is 5.84. The molecule has 2 rings (SSSR count). The number of anilines is 2. The summed E-state index contributed by atoms with van der Waals surface area (Å²) in [6.45, 7) is 7.23. The minimum atomic E-state index is -0.907. The molecule has 0 unspecified atom stereocenters. The standard InChI is InChI=1S/C10H13NO2.C9H11NO2/c1-6-5-9(11)7(2)4-8(6)10(12)13-3;1-5-4-8(10)6(2)3-7(5)9(11)12/h4-5H,11H2,1-3H3;3-4H,10H2,1-2H3,(H,11,12). The molecule has 5 N–H and O–H groups in total. The maximum atomic E-state index is 11.2. The van der Waals surface area contributed by atoms with E-state index in [1.807, 2.05) is 13.8 Å². The molecule has 6 heteroatoms. The van der Waals surface area contributed by atoms with Crippen LogP contribution in [0.1, 0.15) is 43.0 Å². The minimum Gasteiger partial charge on any atom is -0.478 e. The number of aromatic carboxylic acids is 1. The number of nitrogen functional groups attached to an aromatic ring is 2. The first kappa shape index (κ1) is 20.0. The van der Waals surface area contributed by atoms with Gasteiger partial charge >= 0.3 is 11.9 Å². The van der Waals surface area contributed by atoms with Crippen LogP contribution in [0.15, 0.2) is 24.3 Å². The number of ether oxygens (including phenoxy) is 1. The predicted octanol–water partition coefficient (Wildman–Crippen LogP) is 3.26. The Morgan fingerprint density at radius 1 is 0.800 bits per heavy atom. The highest BCUT2D eigenvalue weighted by atomic mass is 16.5. The van der Waals surface area contributed by atoms with Crippen molar-refractivity contribution in [2.45, 2.75) is 27.7 Å². The Labute approximate surface area is 147 Å². The van der Waals surface area contributed by atoms with Gasteiger partial charge in [0.25, 0.3) is 0 Å². The van der Waals surface area contributed by atoms with E-state index >= 15 is 0 Å². The number of carbonyl (C=O) groups excluding carboxylic acids is 1. The third-order valence-corrected chi connectivity index (χ3v) is 3.86. The summed E-state index contributed by atoms with van der Waals surface area (Å²) >= 11 is 0. The lowest BCUT2D eigenvalue weighted by atomic mass is 10.0. The molecule has 0 spiro atoms. The van der Waals surface area contributed by atoms with Gasteiger partial charge in [0.1, 0.15) is 0 Å². The molecule has 25 heavy (non-hydrogen) atoms. The monoisotopic (exact) mass is 344 g/mol. The van der Waals surface area contributed by atoms with Gasteiger partial charge < -0.3 is 21.3 Å². The average Bonchev–Trinajstić information content (AvgIpc) is 2.54. The lowest BCUT2D eigenvalue weighted by Gasteiger charge is -2.07. The summed E-state index contributed by atoms with van der Waals surface area (Å²) in [4.78, 5) is 21.9. The molecular weight excluding hydrogens is 320 g/mol. The third-order valence-electron chi connectivity index (χ3n) is 3.86. The highest BCUT2D eigenvalue weighted by Gasteiger charge is 2.10. The van der Waals surface area contributed by atoms with Crippen LogP contribution in [0.25, 0.3) is 0 Å². The Morgan fingerprint density at radius 2 is 1.20 bits per heavy atom. The molecule has 0 aliphatic heterocycles. The van der Waals surface area contributed by atoms with E-state index in [9.17, 15) is 9.59 Å². The largest absolute Gasteiger partial charge is 0.478 e. The quantitative estimate of drug-likeness (QED) is 0.569. The zero-order chi connectivity index (χ0) is 19.3. The van der Waals surface area contributed by atoms with Crippen LogP contribution >= 0.6 is 0 Å². The van der Waals surface area contributed by atoms with Crippen molar-refractivity contribution >= 4 is 23.3 Å². The van der Waals surface area contributed by atoms with Crippen molar-refractivity contribution < 1.29 is 19.4 Å². The van der Waals surface area contributed by atoms with E-state index in [0.717, 1.165) is 16.7 Å². The van der Waals surface area contributed by atoms with Gasteiger partial charge in [0, 0.05) is 11.4 Å². The van der Waals surface area contributed by atoms with Gasteiger partial charge in [0.15, 0.2) is 0 Å². The van der Waals surface area contributed by atoms with Gasteiger partial charge in [-0.2, -0.15) is 0 Å². The van der Waals surface area contributed by atoms with Gasteiger partial charge in [0.2, 0.25) is 0 Å². The zero-order valence-corrected chi connectivity index (χ0v) is 15.1. The van der Waals surface area contributed by atoms with Crippen LogP contribution in [0, 0.1) is 27.7 Å². The van der Waals surface area contributed by atoms with Crippen LogP contribution in [0.5, 0.6) is 0 Å². The molecule has 2 aromatic rings. The summed E-state index contributed by atoms with van der Waals surface area (Å²) in [7, 11) is 1.37. The van der Waals surface area contributed by atoms with Crippen LogP contribution in [-0.4, -0.2) is 24.2 Å². The van der Waals surface area contributed by atoms with Gasteiger partial charge in [-0.25, -0.2) is 9.59 Å². The number of nitrogens with two attached hydrogens (primary N) is 2. The van der Waals surface area contributed by atoms with Crippen molar-refractivity contribution in [2.75, 3.05) is 18.6 Å². The average molecular weight is 344 g/mol. The Hall–Kier alpha value is -3.02. The Kier molecular flexibility index (Phi) is 6.56. The molecule has 0 saturated heterocycles. The summed E-state index contributed by atoms with van der Waals surface area (Å²) in [5.74, 6) is -1.23. The highest BCUT2D eigenvalue weighted by molar-refractivity contribution is 5.92. The number of carboxylic acid groups (broad SMARTS) is 1. The third kappa shape index (κ3) is 4.97. The van der Waals surface area contributed by atoms with Crippen molar-refractivity contribution in [2.24, 2.45) is 0 Å². The van der Waals surface area contributed by atoms with Crippen LogP contribution in [0.3, 0.4) is 0 Å². The molecule has 0 radical (unpaired) electrons. The van der Waals surface area contributed by atoms with E-state index in [1.165, 1.54) is 7.11 Å². The summed E-state index contributed by atoms with van der Waals surface area (Å²) < 4.78 is 4.63. The Balaban J connectivity index is 0.000000251. The lowest BCUT2D eigenvalue weighted by molar-refractivity contribution is 0.0599. The van der Waals surface area contributed by atoms with E-state index in [2.05, 4.69) is 4.74 Å². The molecule has 0 fully saturated rings. The molecular formula is C19H24N2O4. The van der Waals surface area contributed by atoms with Crippen molar-refractivity contribution in [3.05, 3.63) is 57.6 Å². The molecule has 134 valence electrons. The number of methoxy groups -OCH3 is 1. The molecule has 6 nitrogen and oxygen atoms in total. The first-order valence-electron chi connectivity index (χ1n) is 7.63. The molecule has 0 aliphatic carbocycles. The van der Waals surface area contributed by atoms with Crippen molar-refractivity contribution in [3.8, 4) is 0 Å². The summed E-state index contributed by atoms with van der Waals surface area (Å²) in [6, 6.07) is 6.80. The normalized spacial score (nSPS) is 9.80. The van der Waals surface area contributed by atoms with Gasteiger partial charge in [-0.15, -0.1) is 0 Å². The number of carboxylic acids is 1. The molecule has 0 atom stereocenters. The topological polar surface area (TPSA) is 116 Å². The Morgan fingerprint density at radius 3 is 1.60 bits per heavy atom. The van der Waals surface area contributed by atoms with Gasteiger partial charge in [-0.05, 0) is 74.2 Å². The molecule has 0 aromatic heterocycles. The minimum absolute atomic E-state index is 0.319.